The number of hydrogen-bond acceptors (Lipinski definition) is 3. The number of hydrogen-bond donors (Lipinski definition) is 0. The van der Waals surface area contributed by atoms with Crippen LogP contribution in [0.1, 0.15) is 69.7 Å². The van der Waals surface area contributed by atoms with E-state index in [9.17, 15) is 9.59 Å². The molecule has 2 unspecified atom stereocenters. The minimum atomic E-state index is -0.426. The second-order valence-corrected chi connectivity index (χ2v) is 9.04. The fourth-order valence-electron chi connectivity index (χ4n) is 4.77. The summed E-state index contributed by atoms with van der Waals surface area (Å²) < 4.78 is 5.21. The predicted octanol–water partition coefficient (Wildman–Crippen LogP) is 5.36. The highest BCUT2D eigenvalue weighted by Crippen LogP contribution is 2.53. The molecule has 0 heterocycles. The number of fused-ring (bicyclic) bond motifs is 1. The first-order chi connectivity index (χ1) is 12.3. The van der Waals surface area contributed by atoms with Gasteiger partial charge in [-0.15, -0.1) is 0 Å². The monoisotopic (exact) mass is 354 g/mol. The molecule has 2 aliphatic rings. The van der Waals surface area contributed by atoms with E-state index >= 15 is 0 Å². The Morgan fingerprint density at radius 2 is 1.85 bits per heavy atom. The molecular weight excluding hydrogens is 324 g/mol. The van der Waals surface area contributed by atoms with Crippen LogP contribution in [0.5, 0.6) is 0 Å². The zero-order valence-corrected chi connectivity index (χ0v) is 16.2. The fraction of sp³-hybridized carbons (Fsp3) is 0.565. The van der Waals surface area contributed by atoms with E-state index in [2.05, 4.69) is 26.8 Å². The maximum atomic E-state index is 12.4. The van der Waals surface area contributed by atoms with Crippen LogP contribution < -0.4 is 0 Å². The van der Waals surface area contributed by atoms with E-state index in [1.165, 1.54) is 6.42 Å². The topological polar surface area (TPSA) is 43.4 Å². The van der Waals surface area contributed by atoms with E-state index in [1.807, 2.05) is 6.07 Å². The molecule has 0 N–H and O–H groups in total. The lowest BCUT2D eigenvalue weighted by Gasteiger charge is -2.47. The lowest BCUT2D eigenvalue weighted by atomic mass is 9.57. The average molecular weight is 354 g/mol. The maximum absolute atomic E-state index is 12.4. The highest BCUT2D eigenvalue weighted by atomic mass is 16.5. The van der Waals surface area contributed by atoms with Crippen LogP contribution in [0.25, 0.3) is 0 Å². The van der Waals surface area contributed by atoms with Crippen LogP contribution in [0.4, 0.5) is 0 Å². The molecule has 0 saturated heterocycles. The van der Waals surface area contributed by atoms with Crippen molar-refractivity contribution in [3.63, 3.8) is 0 Å². The van der Waals surface area contributed by atoms with Gasteiger partial charge in [0.15, 0.2) is 5.78 Å². The van der Waals surface area contributed by atoms with Crippen LogP contribution in [0.15, 0.2) is 42.0 Å². The van der Waals surface area contributed by atoms with E-state index < -0.39 is 5.97 Å². The first-order valence-corrected chi connectivity index (χ1v) is 9.72. The molecule has 3 nitrogen and oxygen atoms in total. The summed E-state index contributed by atoms with van der Waals surface area (Å²) in [6.45, 7) is 6.84. The third kappa shape index (κ3) is 4.25. The molecule has 1 saturated carbocycles. The Morgan fingerprint density at radius 1 is 1.12 bits per heavy atom. The summed E-state index contributed by atoms with van der Waals surface area (Å²) in [7, 11) is 0. The van der Waals surface area contributed by atoms with Crippen LogP contribution in [-0.2, 0) is 9.53 Å². The molecule has 2 aliphatic carbocycles. The number of Topliss-reactive ketones (excluding diaryl/α,β-unsaturated/α-hetero) is 1. The fourth-order valence-corrected chi connectivity index (χ4v) is 4.77. The van der Waals surface area contributed by atoms with Gasteiger partial charge in [0.05, 0.1) is 5.56 Å². The van der Waals surface area contributed by atoms with E-state index in [0.29, 0.717) is 23.3 Å². The third-order valence-corrected chi connectivity index (χ3v) is 6.25. The van der Waals surface area contributed by atoms with Crippen molar-refractivity contribution in [3.8, 4) is 0 Å². The number of ether oxygens (including phenoxy) is 1. The molecule has 3 rings (SSSR count). The largest absolute Gasteiger partial charge is 0.454 e. The molecule has 0 bridgehead atoms. The van der Waals surface area contributed by atoms with Gasteiger partial charge in [0, 0.05) is 6.42 Å². The standard InChI is InChI=1S/C23H30O3/c1-22(2)12-7-10-18-14-23(3,13-11-20(18)22)15-19(24)16-26-21(25)17-8-5-4-6-9-17/h4-6,8-10,20H,7,11-16H2,1-3H3. The summed E-state index contributed by atoms with van der Waals surface area (Å²) in [4.78, 5) is 24.4. The molecule has 140 valence electrons. The number of ketones is 1. The Bertz CT molecular complexity index is 701. The van der Waals surface area contributed by atoms with Gasteiger partial charge in [0.25, 0.3) is 0 Å². The molecular formula is C23H30O3. The minimum absolute atomic E-state index is 0.00795. The number of rotatable bonds is 5. The van der Waals surface area contributed by atoms with E-state index in [0.717, 1.165) is 25.7 Å². The summed E-state index contributed by atoms with van der Waals surface area (Å²) in [6, 6.07) is 8.83. The molecule has 26 heavy (non-hydrogen) atoms. The van der Waals surface area contributed by atoms with E-state index in [-0.39, 0.29) is 17.8 Å². The number of carbonyl (C=O) groups excluding carboxylic acids is 2. The van der Waals surface area contributed by atoms with Crippen molar-refractivity contribution in [2.45, 2.75) is 59.3 Å². The molecule has 3 heteroatoms. The number of esters is 1. The molecule has 1 fully saturated rings. The normalized spacial score (nSPS) is 27.2. The van der Waals surface area contributed by atoms with Gasteiger partial charge in [-0.2, -0.15) is 0 Å². The lowest BCUT2D eigenvalue weighted by Crippen LogP contribution is -2.37. The van der Waals surface area contributed by atoms with Crippen molar-refractivity contribution >= 4 is 11.8 Å². The quantitative estimate of drug-likeness (QED) is 0.528. The molecule has 0 spiro atoms. The summed E-state index contributed by atoms with van der Waals surface area (Å²) in [5.41, 5.74) is 2.40. The Morgan fingerprint density at radius 3 is 2.58 bits per heavy atom. The van der Waals surface area contributed by atoms with Crippen molar-refractivity contribution in [1.82, 2.24) is 0 Å². The van der Waals surface area contributed by atoms with E-state index in [4.69, 9.17) is 4.74 Å². The lowest BCUT2D eigenvalue weighted by molar-refractivity contribution is -0.124. The zero-order chi connectivity index (χ0) is 18.8. The first kappa shape index (κ1) is 18.9. The second-order valence-electron chi connectivity index (χ2n) is 9.04. The van der Waals surface area contributed by atoms with Crippen LogP contribution in [0, 0.1) is 16.7 Å². The predicted molar refractivity (Wildman–Crippen MR) is 103 cm³/mol. The molecule has 0 radical (unpaired) electrons. The highest BCUT2D eigenvalue weighted by Gasteiger charge is 2.42. The van der Waals surface area contributed by atoms with Crippen molar-refractivity contribution in [2.24, 2.45) is 16.7 Å². The number of benzene rings is 1. The van der Waals surface area contributed by atoms with Gasteiger partial charge in [0.1, 0.15) is 6.61 Å². The van der Waals surface area contributed by atoms with Gasteiger partial charge in [-0.25, -0.2) is 4.79 Å². The molecule has 2 atom stereocenters. The molecule has 0 aromatic heterocycles. The molecule has 0 aliphatic heterocycles. The third-order valence-electron chi connectivity index (χ3n) is 6.25. The van der Waals surface area contributed by atoms with Gasteiger partial charge >= 0.3 is 5.97 Å². The summed E-state index contributed by atoms with van der Waals surface area (Å²) in [5.74, 6) is 0.255. The van der Waals surface area contributed by atoms with Crippen LogP contribution in [0.2, 0.25) is 0 Å². The van der Waals surface area contributed by atoms with Gasteiger partial charge < -0.3 is 4.74 Å². The summed E-state index contributed by atoms with van der Waals surface area (Å²) in [6.07, 6.45) is 8.53. The molecule has 0 amide bonds. The summed E-state index contributed by atoms with van der Waals surface area (Å²) >= 11 is 0. The molecule has 1 aromatic carbocycles. The minimum Gasteiger partial charge on any atom is -0.454 e. The SMILES string of the molecule is CC1(CC(=O)COC(=O)c2ccccc2)CCC2C(=CCCC2(C)C)C1. The van der Waals surface area contributed by atoms with Gasteiger partial charge in [0.2, 0.25) is 0 Å². The average Bonchev–Trinajstić information content (AvgIpc) is 2.59. The summed E-state index contributed by atoms with van der Waals surface area (Å²) in [5, 5.41) is 0. The zero-order valence-electron chi connectivity index (χ0n) is 16.2. The van der Waals surface area contributed by atoms with Gasteiger partial charge in [-0.05, 0) is 61.0 Å². The Kier molecular flexibility index (Phi) is 5.36. The Labute approximate surface area is 156 Å². The Hall–Kier alpha value is -1.90. The van der Waals surface area contributed by atoms with Crippen LogP contribution >= 0.6 is 0 Å². The van der Waals surface area contributed by atoms with Gasteiger partial charge in [-0.3, -0.25) is 4.79 Å². The Balaban J connectivity index is 1.54. The van der Waals surface area contributed by atoms with E-state index in [1.54, 1.807) is 29.8 Å². The van der Waals surface area contributed by atoms with Crippen molar-refractivity contribution in [3.05, 3.63) is 47.5 Å². The van der Waals surface area contributed by atoms with Gasteiger partial charge in [-0.1, -0.05) is 50.6 Å². The second kappa shape index (κ2) is 7.38. The highest BCUT2D eigenvalue weighted by molar-refractivity contribution is 5.91. The van der Waals surface area contributed by atoms with Crippen LogP contribution in [0.3, 0.4) is 0 Å². The maximum Gasteiger partial charge on any atom is 0.338 e. The number of carbonyl (C=O) groups is 2. The van der Waals surface area contributed by atoms with Crippen molar-refractivity contribution in [2.75, 3.05) is 6.61 Å². The first-order valence-electron chi connectivity index (χ1n) is 9.72. The van der Waals surface area contributed by atoms with Crippen molar-refractivity contribution in [1.29, 1.82) is 0 Å². The number of allylic oxidation sites excluding steroid dienone is 2. The smallest absolute Gasteiger partial charge is 0.338 e. The van der Waals surface area contributed by atoms with Crippen molar-refractivity contribution < 1.29 is 14.3 Å². The molecule has 1 aromatic rings. The van der Waals surface area contributed by atoms with Crippen LogP contribution in [-0.4, -0.2) is 18.4 Å².